The molecule has 0 aliphatic rings. The third kappa shape index (κ3) is 2.66. The van der Waals surface area contributed by atoms with E-state index >= 15 is 0 Å². The maximum atomic E-state index is 11.6. The van der Waals surface area contributed by atoms with Gasteiger partial charge in [-0.15, -0.1) is 0 Å². The molecule has 0 saturated heterocycles. The highest BCUT2D eigenvalue weighted by atomic mass is 32.2. The molecule has 1 atom stereocenters. The van der Waals surface area contributed by atoms with Gasteiger partial charge in [0.05, 0.1) is 6.04 Å². The molecule has 7 heteroatoms. The highest BCUT2D eigenvalue weighted by Crippen LogP contribution is 2.28. The van der Waals surface area contributed by atoms with E-state index in [9.17, 15) is 8.42 Å². The van der Waals surface area contributed by atoms with Gasteiger partial charge >= 0.3 is 0 Å². The summed E-state index contributed by atoms with van der Waals surface area (Å²) in [7, 11) is -3.33. The van der Waals surface area contributed by atoms with Crippen molar-refractivity contribution in [1.29, 1.82) is 0 Å². The van der Waals surface area contributed by atoms with Crippen LogP contribution in [0.25, 0.3) is 0 Å². The number of rotatable bonds is 4. The zero-order valence-corrected chi connectivity index (χ0v) is 11.6. The van der Waals surface area contributed by atoms with E-state index < -0.39 is 14.6 Å². The van der Waals surface area contributed by atoms with Gasteiger partial charge in [-0.2, -0.15) is 4.98 Å². The molecular weight excluding hydrogens is 242 g/mol. The molecule has 1 aromatic heterocycles. The first-order valence-electron chi connectivity index (χ1n) is 5.36. The van der Waals surface area contributed by atoms with Crippen molar-refractivity contribution < 1.29 is 12.9 Å². The minimum absolute atomic E-state index is 0.0751. The lowest BCUT2D eigenvalue weighted by Gasteiger charge is -2.16. The Morgan fingerprint density at radius 2 is 1.88 bits per heavy atom. The summed E-state index contributed by atoms with van der Waals surface area (Å²) in [5.41, 5.74) is 5.87. The largest absolute Gasteiger partial charge is 0.338 e. The van der Waals surface area contributed by atoms with Crippen molar-refractivity contribution in [2.24, 2.45) is 11.7 Å². The molecule has 1 unspecified atom stereocenters. The van der Waals surface area contributed by atoms with Crippen LogP contribution in [0.5, 0.6) is 0 Å². The zero-order valence-electron chi connectivity index (χ0n) is 10.8. The maximum absolute atomic E-state index is 11.6. The monoisotopic (exact) mass is 261 g/mol. The normalized spacial score (nSPS) is 15.2. The van der Waals surface area contributed by atoms with Crippen LogP contribution >= 0.6 is 0 Å². The molecule has 0 fully saturated rings. The Kier molecular flexibility index (Phi) is 3.63. The van der Waals surface area contributed by atoms with E-state index in [4.69, 9.17) is 10.3 Å². The molecule has 6 nitrogen and oxygen atoms in total. The topological polar surface area (TPSA) is 99.1 Å². The SMILES string of the molecule is CC(C)C(N)c1noc(C(C)(C)S(C)(=O)=O)n1. The van der Waals surface area contributed by atoms with Gasteiger partial charge in [0.1, 0.15) is 4.75 Å². The molecule has 0 bridgehead atoms. The third-order valence-electron chi connectivity index (χ3n) is 2.90. The molecule has 0 saturated carbocycles. The number of nitrogens with two attached hydrogens (primary N) is 1. The lowest BCUT2D eigenvalue weighted by Crippen LogP contribution is -2.28. The first-order chi connectivity index (χ1) is 7.57. The lowest BCUT2D eigenvalue weighted by atomic mass is 10.1. The summed E-state index contributed by atoms with van der Waals surface area (Å²) >= 11 is 0. The first-order valence-corrected chi connectivity index (χ1v) is 7.25. The predicted molar refractivity (Wildman–Crippen MR) is 63.9 cm³/mol. The molecule has 1 heterocycles. The van der Waals surface area contributed by atoms with E-state index in [1.54, 1.807) is 0 Å². The molecule has 0 aliphatic carbocycles. The summed E-state index contributed by atoms with van der Waals surface area (Å²) in [4.78, 5) is 4.09. The summed E-state index contributed by atoms with van der Waals surface area (Å²) in [5.74, 6) is 0.569. The van der Waals surface area contributed by atoms with Crippen molar-refractivity contribution in [3.63, 3.8) is 0 Å². The molecule has 98 valence electrons. The molecule has 0 spiro atoms. The van der Waals surface area contributed by atoms with E-state index in [0.717, 1.165) is 6.26 Å². The molecule has 2 N–H and O–H groups in total. The molecule has 0 radical (unpaired) electrons. The summed E-state index contributed by atoms with van der Waals surface area (Å²) in [6.07, 6.45) is 1.14. The average Bonchev–Trinajstić information content (AvgIpc) is 2.63. The second kappa shape index (κ2) is 4.38. The van der Waals surface area contributed by atoms with Gasteiger partial charge in [0.25, 0.3) is 0 Å². The van der Waals surface area contributed by atoms with Crippen LogP contribution in [0.3, 0.4) is 0 Å². The van der Waals surface area contributed by atoms with Crippen LogP contribution in [-0.2, 0) is 14.6 Å². The zero-order chi connectivity index (χ0) is 13.4. The standard InChI is InChI=1S/C10H19N3O3S/c1-6(2)7(11)8-12-9(16-13-8)10(3,4)17(5,14)15/h6-7H,11H2,1-5H3. The lowest BCUT2D eigenvalue weighted by molar-refractivity contribution is 0.338. The number of hydrogen-bond acceptors (Lipinski definition) is 6. The fourth-order valence-electron chi connectivity index (χ4n) is 1.07. The predicted octanol–water partition coefficient (Wildman–Crippen LogP) is 1.01. The van der Waals surface area contributed by atoms with Crippen molar-refractivity contribution in [3.05, 3.63) is 11.7 Å². The molecule has 1 aromatic rings. The Morgan fingerprint density at radius 1 is 1.35 bits per heavy atom. The first kappa shape index (κ1) is 14.1. The van der Waals surface area contributed by atoms with Crippen LogP contribution in [0.4, 0.5) is 0 Å². The van der Waals surface area contributed by atoms with Gasteiger partial charge in [-0.1, -0.05) is 19.0 Å². The number of nitrogens with zero attached hydrogens (tertiary/aromatic N) is 2. The molecule has 0 amide bonds. The fraction of sp³-hybridized carbons (Fsp3) is 0.800. The summed E-state index contributed by atoms with van der Waals surface area (Å²) in [6, 6.07) is -0.358. The van der Waals surface area contributed by atoms with Gasteiger partial charge in [-0.3, -0.25) is 0 Å². The number of hydrogen-bond donors (Lipinski definition) is 1. The van der Waals surface area contributed by atoms with Gasteiger partial charge in [0.15, 0.2) is 15.7 Å². The van der Waals surface area contributed by atoms with Crippen LogP contribution in [0.1, 0.15) is 45.5 Å². The quantitative estimate of drug-likeness (QED) is 0.868. The average molecular weight is 261 g/mol. The second-order valence-electron chi connectivity index (χ2n) is 5.01. The van der Waals surface area contributed by atoms with E-state index in [1.807, 2.05) is 13.8 Å². The Balaban J connectivity index is 3.12. The van der Waals surface area contributed by atoms with Crippen LogP contribution in [0.15, 0.2) is 4.52 Å². The van der Waals surface area contributed by atoms with Gasteiger partial charge in [-0.05, 0) is 19.8 Å². The molecule has 0 aliphatic heterocycles. The van der Waals surface area contributed by atoms with E-state index in [-0.39, 0.29) is 17.9 Å². The van der Waals surface area contributed by atoms with Gasteiger partial charge in [-0.25, -0.2) is 8.42 Å². The van der Waals surface area contributed by atoms with Crippen molar-refractivity contribution in [2.45, 2.75) is 38.5 Å². The van der Waals surface area contributed by atoms with Crippen molar-refractivity contribution in [3.8, 4) is 0 Å². The highest BCUT2D eigenvalue weighted by molar-refractivity contribution is 7.91. The number of sulfone groups is 1. The molecule has 1 rings (SSSR count). The van der Waals surface area contributed by atoms with E-state index in [0.29, 0.717) is 5.82 Å². The molecule has 17 heavy (non-hydrogen) atoms. The number of aromatic nitrogens is 2. The van der Waals surface area contributed by atoms with Gasteiger partial charge < -0.3 is 10.3 Å². The summed E-state index contributed by atoms with van der Waals surface area (Å²) < 4.78 is 27.0. The Bertz CT molecular complexity index is 491. The smallest absolute Gasteiger partial charge is 0.247 e. The van der Waals surface area contributed by atoms with E-state index in [2.05, 4.69) is 10.1 Å². The van der Waals surface area contributed by atoms with E-state index in [1.165, 1.54) is 13.8 Å². The molecular formula is C10H19N3O3S. The highest BCUT2D eigenvalue weighted by Gasteiger charge is 2.38. The van der Waals surface area contributed by atoms with Crippen LogP contribution in [-0.4, -0.2) is 24.8 Å². The van der Waals surface area contributed by atoms with Crippen molar-refractivity contribution in [1.82, 2.24) is 10.1 Å². The van der Waals surface area contributed by atoms with Crippen LogP contribution in [0.2, 0.25) is 0 Å². The van der Waals surface area contributed by atoms with Gasteiger partial charge in [0.2, 0.25) is 5.89 Å². The van der Waals surface area contributed by atoms with Gasteiger partial charge in [0, 0.05) is 6.26 Å². The van der Waals surface area contributed by atoms with Crippen LogP contribution < -0.4 is 5.73 Å². The summed E-state index contributed by atoms with van der Waals surface area (Å²) in [6.45, 7) is 6.92. The maximum Gasteiger partial charge on any atom is 0.247 e. The molecule has 0 aromatic carbocycles. The Labute approximate surface area is 102 Å². The second-order valence-corrected chi connectivity index (χ2v) is 7.57. The summed E-state index contributed by atoms with van der Waals surface area (Å²) in [5, 5.41) is 3.74. The van der Waals surface area contributed by atoms with Crippen molar-refractivity contribution in [2.75, 3.05) is 6.26 Å². The fourth-order valence-corrected chi connectivity index (χ4v) is 1.47. The Hall–Kier alpha value is -0.950. The van der Waals surface area contributed by atoms with Crippen molar-refractivity contribution >= 4 is 9.84 Å². The minimum atomic E-state index is -3.33. The van der Waals surface area contributed by atoms with Crippen LogP contribution in [0, 0.1) is 5.92 Å². The third-order valence-corrected chi connectivity index (χ3v) is 4.93. The Morgan fingerprint density at radius 3 is 2.29 bits per heavy atom. The minimum Gasteiger partial charge on any atom is -0.338 e.